The number of halogens is 1. The van der Waals surface area contributed by atoms with Crippen LogP contribution in [0.3, 0.4) is 0 Å². The van der Waals surface area contributed by atoms with Crippen LogP contribution in [0.4, 0.5) is 0 Å². The number of fused-ring (bicyclic) bond motifs is 1. The molecule has 0 aliphatic heterocycles. The van der Waals surface area contributed by atoms with E-state index in [1.54, 1.807) is 42.0 Å². The molecule has 0 unspecified atom stereocenters. The van der Waals surface area contributed by atoms with E-state index in [0.29, 0.717) is 60.2 Å². The first-order chi connectivity index (χ1) is 17.9. The third kappa shape index (κ3) is 7.76. The summed E-state index contributed by atoms with van der Waals surface area (Å²) in [7, 11) is 0.248. The normalized spacial score (nSPS) is 11.3. The topological polar surface area (TPSA) is 85.2 Å². The second-order valence-electron chi connectivity index (χ2n) is 8.09. The lowest BCUT2D eigenvalue weighted by molar-refractivity contribution is -0.143. The van der Waals surface area contributed by atoms with Gasteiger partial charge in [-0.3, -0.25) is 14.2 Å². The Balaban J connectivity index is 1.67. The van der Waals surface area contributed by atoms with Crippen LogP contribution >= 0.6 is 20.2 Å². The zero-order valence-corrected chi connectivity index (χ0v) is 23.3. The van der Waals surface area contributed by atoms with Gasteiger partial charge in [0.2, 0.25) is 0 Å². The Bertz CT molecular complexity index is 1190. The highest BCUT2D eigenvalue weighted by atomic mass is 35.5. The molecule has 200 valence electrons. The second-order valence-corrected chi connectivity index (χ2v) is 9.75. The molecule has 10 heteroatoms. The van der Waals surface area contributed by atoms with E-state index < -0.39 is 8.60 Å². The SMILES string of the molecule is CCOP(OCC)OCCCCOC(=O)Cc1c(C)n(C(=O)c2ccc(Cl)cc2)c2ccc(OC)cc12. The minimum absolute atomic E-state index is 0.0346. The van der Waals surface area contributed by atoms with Gasteiger partial charge in [-0.05, 0) is 81.6 Å². The van der Waals surface area contributed by atoms with Crippen molar-refractivity contribution in [2.45, 2.75) is 40.0 Å². The molecule has 1 aromatic heterocycles. The number of esters is 1. The summed E-state index contributed by atoms with van der Waals surface area (Å²) in [6.07, 6.45) is 1.39. The molecule has 0 aliphatic rings. The molecule has 3 aromatic rings. The molecule has 0 amide bonds. The number of hydrogen-bond donors (Lipinski definition) is 0. The first-order valence-electron chi connectivity index (χ1n) is 12.2. The lowest BCUT2D eigenvalue weighted by Gasteiger charge is -2.14. The molecule has 0 bridgehead atoms. The predicted molar refractivity (Wildman–Crippen MR) is 144 cm³/mol. The standard InChI is InChI=1S/C27H33ClNO7P/c1-5-34-37(35-6-2)36-16-8-7-15-33-26(30)18-23-19(3)29(25-14-13-22(32-4)17-24(23)25)27(31)20-9-11-21(28)12-10-20/h9-14,17H,5-8,15-16,18H2,1-4H3. The van der Waals surface area contributed by atoms with Gasteiger partial charge >= 0.3 is 14.6 Å². The number of unbranched alkanes of at least 4 members (excludes halogenated alkanes) is 1. The maximum atomic E-state index is 13.4. The van der Waals surface area contributed by atoms with E-state index in [2.05, 4.69) is 0 Å². The Kier molecular flexibility index (Phi) is 11.4. The van der Waals surface area contributed by atoms with E-state index in [0.717, 1.165) is 10.9 Å². The largest absolute Gasteiger partial charge is 0.497 e. The van der Waals surface area contributed by atoms with Crippen LogP contribution < -0.4 is 4.74 Å². The van der Waals surface area contributed by atoms with Crippen molar-refractivity contribution in [3.05, 3.63) is 64.3 Å². The van der Waals surface area contributed by atoms with Crippen LogP contribution in [0, 0.1) is 6.92 Å². The summed E-state index contributed by atoms with van der Waals surface area (Å²) in [6, 6.07) is 12.2. The van der Waals surface area contributed by atoms with Crippen LogP contribution in [0.2, 0.25) is 5.02 Å². The van der Waals surface area contributed by atoms with Gasteiger partial charge in [0.15, 0.2) is 0 Å². The first kappa shape index (κ1) is 29.1. The van der Waals surface area contributed by atoms with E-state index in [4.69, 9.17) is 34.6 Å². The Morgan fingerprint density at radius 1 is 0.946 bits per heavy atom. The van der Waals surface area contributed by atoms with Crippen LogP contribution in [0.15, 0.2) is 42.5 Å². The number of methoxy groups -OCH3 is 1. The van der Waals surface area contributed by atoms with Crippen LogP contribution in [-0.2, 0) is 29.5 Å². The van der Waals surface area contributed by atoms with Crippen molar-refractivity contribution < 1.29 is 32.6 Å². The lowest BCUT2D eigenvalue weighted by Crippen LogP contribution is -2.15. The Morgan fingerprint density at radius 2 is 1.62 bits per heavy atom. The molecule has 0 saturated heterocycles. The van der Waals surface area contributed by atoms with Crippen molar-refractivity contribution in [2.75, 3.05) is 33.5 Å². The average Bonchev–Trinajstić information content (AvgIpc) is 3.16. The van der Waals surface area contributed by atoms with Gasteiger partial charge in [0, 0.05) is 21.7 Å². The zero-order valence-electron chi connectivity index (χ0n) is 21.6. The van der Waals surface area contributed by atoms with Gasteiger partial charge in [-0.2, -0.15) is 0 Å². The van der Waals surface area contributed by atoms with E-state index in [-0.39, 0.29) is 24.9 Å². The number of nitrogens with zero attached hydrogens (tertiary/aromatic N) is 1. The molecule has 0 saturated carbocycles. The molecule has 8 nitrogen and oxygen atoms in total. The number of benzene rings is 2. The number of aromatic nitrogens is 1. The Morgan fingerprint density at radius 3 is 2.27 bits per heavy atom. The fourth-order valence-corrected chi connectivity index (χ4v) is 4.89. The van der Waals surface area contributed by atoms with E-state index in [1.165, 1.54) is 0 Å². The number of hydrogen-bond acceptors (Lipinski definition) is 7. The quantitative estimate of drug-likeness (QED) is 0.129. The fraction of sp³-hybridized carbons (Fsp3) is 0.407. The van der Waals surface area contributed by atoms with Crippen molar-refractivity contribution in [3.8, 4) is 5.75 Å². The molecule has 0 radical (unpaired) electrons. The molecule has 2 aromatic carbocycles. The number of carbonyl (C=O) groups excluding carboxylic acids is 2. The van der Waals surface area contributed by atoms with Gasteiger partial charge in [0.05, 0.1) is 45.5 Å². The van der Waals surface area contributed by atoms with Gasteiger partial charge in [-0.1, -0.05) is 11.6 Å². The molecular weight excluding hydrogens is 517 g/mol. The highest BCUT2D eigenvalue weighted by Crippen LogP contribution is 2.39. The highest BCUT2D eigenvalue weighted by molar-refractivity contribution is 7.41. The van der Waals surface area contributed by atoms with Crippen molar-refractivity contribution in [1.82, 2.24) is 4.57 Å². The molecular formula is C27H33ClNO7P. The van der Waals surface area contributed by atoms with E-state index >= 15 is 0 Å². The maximum absolute atomic E-state index is 13.4. The van der Waals surface area contributed by atoms with Crippen molar-refractivity contribution >= 4 is 43.0 Å². The molecule has 1 heterocycles. The van der Waals surface area contributed by atoms with Crippen molar-refractivity contribution in [1.29, 1.82) is 0 Å². The summed E-state index contributed by atoms with van der Waals surface area (Å²) in [4.78, 5) is 26.1. The summed E-state index contributed by atoms with van der Waals surface area (Å²) in [5, 5.41) is 1.32. The molecule has 0 atom stereocenters. The predicted octanol–water partition coefficient (Wildman–Crippen LogP) is 6.48. The minimum atomic E-state index is -1.33. The van der Waals surface area contributed by atoms with Gasteiger partial charge in [0.1, 0.15) is 5.75 Å². The first-order valence-corrected chi connectivity index (χ1v) is 13.7. The van der Waals surface area contributed by atoms with Crippen LogP contribution in [-0.4, -0.2) is 50.0 Å². The minimum Gasteiger partial charge on any atom is -0.497 e. The maximum Gasteiger partial charge on any atom is 0.332 e. The highest BCUT2D eigenvalue weighted by Gasteiger charge is 2.22. The van der Waals surface area contributed by atoms with Crippen LogP contribution in [0.5, 0.6) is 5.75 Å². The summed E-state index contributed by atoms with van der Waals surface area (Å²) in [5.74, 6) is 0.0657. The number of ether oxygens (including phenoxy) is 2. The monoisotopic (exact) mass is 549 g/mol. The molecule has 0 N–H and O–H groups in total. The smallest absolute Gasteiger partial charge is 0.332 e. The van der Waals surface area contributed by atoms with Gasteiger partial charge in [-0.15, -0.1) is 0 Å². The zero-order chi connectivity index (χ0) is 26.8. The lowest BCUT2D eigenvalue weighted by atomic mass is 10.1. The third-order valence-electron chi connectivity index (χ3n) is 5.62. The van der Waals surface area contributed by atoms with E-state index in [1.807, 2.05) is 32.9 Å². The van der Waals surface area contributed by atoms with Crippen molar-refractivity contribution in [2.24, 2.45) is 0 Å². The Labute approximate surface area is 223 Å². The molecule has 3 rings (SSSR count). The summed E-state index contributed by atoms with van der Waals surface area (Å²) < 4.78 is 28.9. The number of rotatable bonds is 14. The summed E-state index contributed by atoms with van der Waals surface area (Å²) in [5.41, 5.74) is 2.59. The van der Waals surface area contributed by atoms with Crippen LogP contribution in [0.25, 0.3) is 10.9 Å². The van der Waals surface area contributed by atoms with Crippen molar-refractivity contribution in [3.63, 3.8) is 0 Å². The third-order valence-corrected chi connectivity index (χ3v) is 7.21. The van der Waals surface area contributed by atoms with E-state index in [9.17, 15) is 9.59 Å². The van der Waals surface area contributed by atoms with Gasteiger partial charge in [-0.25, -0.2) is 0 Å². The van der Waals surface area contributed by atoms with Gasteiger partial charge < -0.3 is 23.0 Å². The molecule has 0 spiro atoms. The van der Waals surface area contributed by atoms with Gasteiger partial charge in [0.25, 0.3) is 5.91 Å². The molecule has 0 aliphatic carbocycles. The summed E-state index contributed by atoms with van der Waals surface area (Å²) in [6.45, 7) is 7.39. The summed E-state index contributed by atoms with van der Waals surface area (Å²) >= 11 is 5.99. The Hall–Kier alpha value is -2.48. The molecule has 37 heavy (non-hydrogen) atoms. The second kappa shape index (κ2) is 14.5. The van der Waals surface area contributed by atoms with Crippen LogP contribution in [0.1, 0.15) is 48.3 Å². The fourth-order valence-electron chi connectivity index (χ4n) is 3.84. The average molecular weight is 550 g/mol. The number of carbonyl (C=O) groups is 2. The molecule has 0 fully saturated rings.